The lowest BCUT2D eigenvalue weighted by Crippen LogP contribution is -2.16. The van der Waals surface area contributed by atoms with E-state index in [0.29, 0.717) is 26.4 Å². The number of ether oxygens (including phenoxy) is 3. The van der Waals surface area contributed by atoms with Crippen LogP contribution in [-0.4, -0.2) is 30.5 Å². The smallest absolute Gasteiger partial charge is 0.0838 e. The van der Waals surface area contributed by atoms with Crippen molar-refractivity contribution in [3.05, 3.63) is 108 Å². The fraction of sp³-hybridized carbons (Fsp3) is 0.357. The lowest BCUT2D eigenvalue weighted by Gasteiger charge is -2.11. The van der Waals surface area contributed by atoms with Gasteiger partial charge in [-0.1, -0.05) is 105 Å². The van der Waals surface area contributed by atoms with Crippen molar-refractivity contribution >= 4 is 0 Å². The van der Waals surface area contributed by atoms with Crippen LogP contribution in [0.25, 0.3) is 0 Å². The zero-order valence-corrected chi connectivity index (χ0v) is 19.2. The summed E-state index contributed by atoms with van der Waals surface area (Å²) in [4.78, 5) is 0. The van der Waals surface area contributed by atoms with Gasteiger partial charge >= 0.3 is 0 Å². The maximum atomic E-state index is 8.54. The SMILES string of the molecule is CC.OCc1ccccc1.c1ccc(COC[C@H]2C[C@H](OCc3ccccc3)CO2)cc1. The molecule has 3 aromatic rings. The number of rotatable bonds is 8. The summed E-state index contributed by atoms with van der Waals surface area (Å²) >= 11 is 0. The average molecular weight is 437 g/mol. The topological polar surface area (TPSA) is 47.9 Å². The van der Waals surface area contributed by atoms with E-state index in [9.17, 15) is 0 Å². The molecule has 0 bridgehead atoms. The molecular weight excluding hydrogens is 400 g/mol. The molecule has 0 aromatic heterocycles. The first-order valence-corrected chi connectivity index (χ1v) is 11.4. The summed E-state index contributed by atoms with van der Waals surface area (Å²) < 4.78 is 17.4. The van der Waals surface area contributed by atoms with Crippen LogP contribution in [0.1, 0.15) is 37.0 Å². The summed E-state index contributed by atoms with van der Waals surface area (Å²) in [5, 5.41) is 8.54. The van der Waals surface area contributed by atoms with Gasteiger partial charge in [-0.3, -0.25) is 0 Å². The molecule has 0 aliphatic carbocycles. The maximum Gasteiger partial charge on any atom is 0.0838 e. The Morgan fingerprint density at radius 3 is 1.75 bits per heavy atom. The Bertz CT molecular complexity index is 809. The largest absolute Gasteiger partial charge is 0.392 e. The van der Waals surface area contributed by atoms with E-state index >= 15 is 0 Å². The third kappa shape index (κ3) is 10.2. The Kier molecular flexibility index (Phi) is 13.0. The van der Waals surface area contributed by atoms with Crippen LogP contribution < -0.4 is 0 Å². The van der Waals surface area contributed by atoms with Crippen molar-refractivity contribution in [1.82, 2.24) is 0 Å². The summed E-state index contributed by atoms with van der Waals surface area (Å²) in [6.07, 6.45) is 1.22. The van der Waals surface area contributed by atoms with E-state index in [1.165, 1.54) is 11.1 Å². The van der Waals surface area contributed by atoms with Gasteiger partial charge in [-0.15, -0.1) is 0 Å². The normalized spacial score (nSPS) is 17.0. The molecule has 0 saturated carbocycles. The Hall–Kier alpha value is -2.50. The zero-order valence-electron chi connectivity index (χ0n) is 19.2. The molecule has 3 aromatic carbocycles. The zero-order chi connectivity index (χ0) is 22.9. The van der Waals surface area contributed by atoms with E-state index in [0.717, 1.165) is 12.0 Å². The summed E-state index contributed by atoms with van der Waals surface area (Å²) in [5.41, 5.74) is 3.36. The average Bonchev–Trinajstić information content (AvgIpc) is 3.34. The number of hydrogen-bond acceptors (Lipinski definition) is 4. The predicted octanol–water partition coefficient (Wildman–Crippen LogP) is 5.78. The van der Waals surface area contributed by atoms with Crippen LogP contribution in [0.3, 0.4) is 0 Å². The summed E-state index contributed by atoms with van der Waals surface area (Å²) in [7, 11) is 0. The van der Waals surface area contributed by atoms with Crippen molar-refractivity contribution in [3.63, 3.8) is 0 Å². The summed E-state index contributed by atoms with van der Waals surface area (Å²) in [6.45, 7) is 6.70. The van der Waals surface area contributed by atoms with Crippen molar-refractivity contribution in [3.8, 4) is 0 Å². The Morgan fingerprint density at radius 1 is 0.750 bits per heavy atom. The monoisotopic (exact) mass is 436 g/mol. The van der Waals surface area contributed by atoms with Crippen LogP contribution in [0, 0.1) is 0 Å². The van der Waals surface area contributed by atoms with E-state index in [2.05, 4.69) is 24.3 Å². The lowest BCUT2D eigenvalue weighted by atomic mass is 10.2. The fourth-order valence-corrected chi connectivity index (χ4v) is 3.16. The molecule has 1 fully saturated rings. The van der Waals surface area contributed by atoms with Gasteiger partial charge in [0.25, 0.3) is 0 Å². The highest BCUT2D eigenvalue weighted by Crippen LogP contribution is 2.18. The van der Waals surface area contributed by atoms with Crippen molar-refractivity contribution in [2.24, 2.45) is 0 Å². The Balaban J connectivity index is 0.000000304. The molecule has 1 aliphatic rings. The molecule has 1 N–H and O–H groups in total. The van der Waals surface area contributed by atoms with Gasteiger partial charge in [0.15, 0.2) is 0 Å². The first kappa shape index (κ1) is 25.8. The number of benzene rings is 3. The van der Waals surface area contributed by atoms with Gasteiger partial charge in [0.05, 0.1) is 45.2 Å². The molecule has 1 saturated heterocycles. The minimum atomic E-state index is 0.140. The molecule has 4 nitrogen and oxygen atoms in total. The molecular formula is C28H36O4. The molecule has 0 radical (unpaired) electrons. The lowest BCUT2D eigenvalue weighted by molar-refractivity contribution is 0.00227. The third-order valence-electron chi connectivity index (χ3n) is 4.81. The van der Waals surface area contributed by atoms with Crippen molar-refractivity contribution < 1.29 is 19.3 Å². The molecule has 0 amide bonds. The molecule has 2 atom stereocenters. The molecule has 1 heterocycles. The van der Waals surface area contributed by atoms with Crippen LogP contribution in [0.4, 0.5) is 0 Å². The third-order valence-corrected chi connectivity index (χ3v) is 4.81. The predicted molar refractivity (Wildman–Crippen MR) is 129 cm³/mol. The van der Waals surface area contributed by atoms with Gasteiger partial charge in [0.2, 0.25) is 0 Å². The molecule has 4 heteroatoms. The van der Waals surface area contributed by atoms with Crippen molar-refractivity contribution in [2.75, 3.05) is 13.2 Å². The van der Waals surface area contributed by atoms with Crippen LogP contribution in [0.15, 0.2) is 91.0 Å². The highest BCUT2D eigenvalue weighted by Gasteiger charge is 2.26. The van der Waals surface area contributed by atoms with E-state index in [-0.39, 0.29) is 18.8 Å². The highest BCUT2D eigenvalue weighted by atomic mass is 16.6. The minimum absolute atomic E-state index is 0.140. The highest BCUT2D eigenvalue weighted by molar-refractivity contribution is 5.14. The van der Waals surface area contributed by atoms with Crippen LogP contribution in [-0.2, 0) is 34.0 Å². The summed E-state index contributed by atoms with van der Waals surface area (Å²) in [6, 6.07) is 30.0. The van der Waals surface area contributed by atoms with Crippen molar-refractivity contribution in [1.29, 1.82) is 0 Å². The van der Waals surface area contributed by atoms with Gasteiger partial charge in [-0.25, -0.2) is 0 Å². The van der Waals surface area contributed by atoms with E-state index in [1.807, 2.05) is 80.6 Å². The standard InChI is InChI=1S/C19H22O3.C7H8O.C2H6/c1-3-7-16(8-4-1)12-20-14-18-11-19(15-22-18)21-13-17-9-5-2-6-10-17;8-6-7-4-2-1-3-5-7;1-2/h1-10,18-19H,11-15H2;1-5,8H,6H2;1-2H3/t18-,19+;;/m1../s1. The second-order valence-electron chi connectivity index (χ2n) is 7.25. The van der Waals surface area contributed by atoms with Crippen LogP contribution >= 0.6 is 0 Å². The van der Waals surface area contributed by atoms with E-state index in [4.69, 9.17) is 19.3 Å². The number of aliphatic hydroxyl groups is 1. The van der Waals surface area contributed by atoms with Gasteiger partial charge in [-0.05, 0) is 16.7 Å². The van der Waals surface area contributed by atoms with Crippen molar-refractivity contribution in [2.45, 2.75) is 52.3 Å². The molecule has 0 spiro atoms. The molecule has 4 rings (SSSR count). The Morgan fingerprint density at radius 2 is 1.25 bits per heavy atom. The minimum Gasteiger partial charge on any atom is -0.392 e. The van der Waals surface area contributed by atoms with E-state index < -0.39 is 0 Å². The molecule has 172 valence electrons. The first-order chi connectivity index (χ1) is 15.8. The number of aliphatic hydroxyl groups excluding tert-OH is 1. The molecule has 0 unspecified atom stereocenters. The summed E-state index contributed by atoms with van der Waals surface area (Å²) in [5.74, 6) is 0. The van der Waals surface area contributed by atoms with Gasteiger partial charge in [-0.2, -0.15) is 0 Å². The molecule has 1 aliphatic heterocycles. The fourth-order valence-electron chi connectivity index (χ4n) is 3.16. The van der Waals surface area contributed by atoms with Gasteiger partial charge in [0.1, 0.15) is 0 Å². The van der Waals surface area contributed by atoms with Gasteiger partial charge in [0, 0.05) is 6.42 Å². The Labute approximate surface area is 192 Å². The van der Waals surface area contributed by atoms with Crippen LogP contribution in [0.5, 0.6) is 0 Å². The van der Waals surface area contributed by atoms with Gasteiger partial charge < -0.3 is 19.3 Å². The second kappa shape index (κ2) is 16.2. The molecule has 32 heavy (non-hydrogen) atoms. The van der Waals surface area contributed by atoms with E-state index in [1.54, 1.807) is 0 Å². The maximum absolute atomic E-state index is 8.54. The first-order valence-electron chi connectivity index (χ1n) is 11.4. The van der Waals surface area contributed by atoms with Crippen LogP contribution in [0.2, 0.25) is 0 Å². The second-order valence-corrected chi connectivity index (χ2v) is 7.25. The number of hydrogen-bond donors (Lipinski definition) is 1. The quantitative estimate of drug-likeness (QED) is 0.486.